The van der Waals surface area contributed by atoms with Crippen molar-refractivity contribution < 1.29 is 4.79 Å². The van der Waals surface area contributed by atoms with Gasteiger partial charge in [-0.3, -0.25) is 4.79 Å². The van der Waals surface area contributed by atoms with Gasteiger partial charge < -0.3 is 10.7 Å². The van der Waals surface area contributed by atoms with E-state index in [4.69, 9.17) is 5.73 Å². The molecule has 2 rings (SSSR count). The van der Waals surface area contributed by atoms with Gasteiger partial charge in [-0.1, -0.05) is 13.8 Å². The number of aromatic nitrogens is 1. The summed E-state index contributed by atoms with van der Waals surface area (Å²) in [7, 11) is 0. The molecule has 0 aliphatic rings. The molecule has 3 nitrogen and oxygen atoms in total. The van der Waals surface area contributed by atoms with E-state index in [1.807, 2.05) is 12.1 Å². The van der Waals surface area contributed by atoms with Crippen LogP contribution in [0.1, 0.15) is 35.8 Å². The summed E-state index contributed by atoms with van der Waals surface area (Å²) in [6.45, 7) is 4.25. The van der Waals surface area contributed by atoms with Crippen LogP contribution in [-0.4, -0.2) is 10.9 Å². The lowest BCUT2D eigenvalue weighted by atomic mass is 10.1. The number of fused-ring (bicyclic) bond motifs is 1. The van der Waals surface area contributed by atoms with Crippen molar-refractivity contribution in [3.05, 3.63) is 35.5 Å². The Morgan fingerprint density at radius 2 is 2.07 bits per heavy atom. The average Bonchev–Trinajstić information content (AvgIpc) is 2.59. The normalized spacial score (nSPS) is 11.1. The molecule has 0 spiro atoms. The minimum Gasteiger partial charge on any atom is -0.366 e. The lowest BCUT2D eigenvalue weighted by molar-refractivity contribution is 0.100. The lowest BCUT2D eigenvalue weighted by Crippen LogP contribution is -2.10. The minimum atomic E-state index is -0.385. The predicted molar refractivity (Wildman–Crippen MR) is 60.9 cm³/mol. The van der Waals surface area contributed by atoms with Crippen LogP contribution in [0.25, 0.3) is 10.9 Å². The summed E-state index contributed by atoms with van der Waals surface area (Å²) in [5.41, 5.74) is 7.99. The van der Waals surface area contributed by atoms with Gasteiger partial charge in [-0.2, -0.15) is 0 Å². The Morgan fingerprint density at radius 1 is 1.33 bits per heavy atom. The van der Waals surface area contributed by atoms with E-state index in [2.05, 4.69) is 24.9 Å². The molecule has 0 saturated carbocycles. The van der Waals surface area contributed by atoms with Crippen molar-refractivity contribution >= 4 is 16.8 Å². The zero-order valence-electron chi connectivity index (χ0n) is 8.87. The number of carbonyl (C=O) groups excluding carboxylic acids is 1. The summed E-state index contributed by atoms with van der Waals surface area (Å²) >= 11 is 0. The molecule has 0 aliphatic carbocycles. The van der Waals surface area contributed by atoms with Gasteiger partial charge in [0, 0.05) is 22.2 Å². The van der Waals surface area contributed by atoms with Gasteiger partial charge in [0.2, 0.25) is 5.91 Å². The smallest absolute Gasteiger partial charge is 0.248 e. The van der Waals surface area contributed by atoms with Gasteiger partial charge in [0.1, 0.15) is 0 Å². The van der Waals surface area contributed by atoms with E-state index in [9.17, 15) is 4.79 Å². The third-order valence-corrected chi connectivity index (χ3v) is 2.55. The molecule has 0 atom stereocenters. The highest BCUT2D eigenvalue weighted by atomic mass is 16.1. The number of rotatable bonds is 2. The number of primary amides is 1. The van der Waals surface area contributed by atoms with Crippen LogP contribution in [0.3, 0.4) is 0 Å². The molecule has 0 aliphatic heterocycles. The predicted octanol–water partition coefficient (Wildman–Crippen LogP) is 2.39. The summed E-state index contributed by atoms with van der Waals surface area (Å²) in [6.07, 6.45) is 0. The van der Waals surface area contributed by atoms with E-state index in [0.29, 0.717) is 11.5 Å². The topological polar surface area (TPSA) is 58.9 Å². The molecule has 1 aromatic carbocycles. The van der Waals surface area contributed by atoms with Crippen molar-refractivity contribution in [1.29, 1.82) is 0 Å². The van der Waals surface area contributed by atoms with Gasteiger partial charge >= 0.3 is 0 Å². The third-order valence-electron chi connectivity index (χ3n) is 2.55. The van der Waals surface area contributed by atoms with Gasteiger partial charge in [-0.25, -0.2) is 0 Å². The molecule has 0 radical (unpaired) electrons. The average molecular weight is 202 g/mol. The second kappa shape index (κ2) is 3.42. The van der Waals surface area contributed by atoms with Crippen LogP contribution in [-0.2, 0) is 0 Å². The van der Waals surface area contributed by atoms with Gasteiger partial charge in [0.25, 0.3) is 0 Å². The molecule has 1 aromatic heterocycles. The van der Waals surface area contributed by atoms with E-state index in [1.54, 1.807) is 6.07 Å². The quantitative estimate of drug-likeness (QED) is 0.771. The number of carbonyl (C=O) groups is 1. The summed E-state index contributed by atoms with van der Waals surface area (Å²) in [5, 5.41) is 1.04. The maximum absolute atomic E-state index is 11.0. The van der Waals surface area contributed by atoms with Crippen molar-refractivity contribution in [2.24, 2.45) is 5.73 Å². The van der Waals surface area contributed by atoms with Crippen LogP contribution >= 0.6 is 0 Å². The van der Waals surface area contributed by atoms with Crippen LogP contribution in [0.4, 0.5) is 0 Å². The fourth-order valence-electron chi connectivity index (χ4n) is 1.62. The highest BCUT2D eigenvalue weighted by molar-refractivity contribution is 5.97. The number of hydrogen-bond donors (Lipinski definition) is 2. The molecular weight excluding hydrogens is 188 g/mol. The summed E-state index contributed by atoms with van der Waals surface area (Å²) < 4.78 is 0. The van der Waals surface area contributed by atoms with E-state index >= 15 is 0 Å². The maximum atomic E-state index is 11.0. The molecule has 0 fully saturated rings. The fourth-order valence-corrected chi connectivity index (χ4v) is 1.62. The number of nitrogens with one attached hydrogen (secondary N) is 1. The first kappa shape index (κ1) is 9.77. The van der Waals surface area contributed by atoms with Gasteiger partial charge in [-0.15, -0.1) is 0 Å². The highest BCUT2D eigenvalue weighted by Gasteiger charge is 2.06. The van der Waals surface area contributed by atoms with Crippen LogP contribution in [0.5, 0.6) is 0 Å². The molecule has 0 saturated heterocycles. The zero-order valence-corrected chi connectivity index (χ0v) is 8.87. The Bertz CT molecular complexity index is 511. The van der Waals surface area contributed by atoms with Crippen LogP contribution in [0, 0.1) is 0 Å². The number of H-pyrrole nitrogens is 1. The van der Waals surface area contributed by atoms with E-state index in [-0.39, 0.29) is 5.91 Å². The molecule has 0 bridgehead atoms. The lowest BCUT2D eigenvalue weighted by Gasteiger charge is -1.97. The van der Waals surface area contributed by atoms with Crippen molar-refractivity contribution in [3.63, 3.8) is 0 Å². The third kappa shape index (κ3) is 1.73. The van der Waals surface area contributed by atoms with Crippen molar-refractivity contribution in [3.8, 4) is 0 Å². The Balaban J connectivity index is 2.57. The summed E-state index contributed by atoms with van der Waals surface area (Å²) in [6, 6.07) is 7.51. The molecule has 1 amide bonds. The summed E-state index contributed by atoms with van der Waals surface area (Å²) in [4.78, 5) is 14.3. The van der Waals surface area contributed by atoms with Crippen molar-refractivity contribution in [2.75, 3.05) is 0 Å². The SMILES string of the molecule is CC(C)c1cc2cc(C(N)=O)ccc2[nH]1. The van der Waals surface area contributed by atoms with Crippen LogP contribution in [0.2, 0.25) is 0 Å². The molecule has 0 unspecified atom stereocenters. The molecule has 1 heterocycles. The second-order valence-corrected chi connectivity index (χ2v) is 4.05. The van der Waals surface area contributed by atoms with Gasteiger partial charge in [-0.05, 0) is 30.2 Å². The Hall–Kier alpha value is -1.77. The van der Waals surface area contributed by atoms with E-state index in [1.165, 1.54) is 5.69 Å². The summed E-state index contributed by atoms with van der Waals surface area (Å²) in [5.74, 6) is 0.0682. The molecule has 2 aromatic rings. The second-order valence-electron chi connectivity index (χ2n) is 4.05. The van der Waals surface area contributed by atoms with E-state index < -0.39 is 0 Å². The molecule has 3 heteroatoms. The van der Waals surface area contributed by atoms with Crippen LogP contribution < -0.4 is 5.73 Å². The molecule has 78 valence electrons. The Kier molecular flexibility index (Phi) is 2.23. The number of aromatic amines is 1. The highest BCUT2D eigenvalue weighted by Crippen LogP contribution is 2.21. The standard InChI is InChI=1S/C12H14N2O/c1-7(2)11-6-9-5-8(12(13)15)3-4-10(9)14-11/h3-7,14H,1-2H3,(H2,13,15). The van der Waals surface area contributed by atoms with Crippen molar-refractivity contribution in [1.82, 2.24) is 4.98 Å². The first-order chi connectivity index (χ1) is 7.08. The number of nitrogens with two attached hydrogens (primary N) is 1. The largest absolute Gasteiger partial charge is 0.366 e. The Labute approximate surface area is 88.3 Å². The van der Waals surface area contributed by atoms with E-state index in [0.717, 1.165) is 10.9 Å². The van der Waals surface area contributed by atoms with Crippen LogP contribution in [0.15, 0.2) is 24.3 Å². The number of amides is 1. The number of benzene rings is 1. The molecule has 15 heavy (non-hydrogen) atoms. The number of hydrogen-bond acceptors (Lipinski definition) is 1. The Morgan fingerprint density at radius 3 is 2.67 bits per heavy atom. The minimum absolute atomic E-state index is 0.385. The monoisotopic (exact) mass is 202 g/mol. The van der Waals surface area contributed by atoms with Crippen molar-refractivity contribution in [2.45, 2.75) is 19.8 Å². The first-order valence-corrected chi connectivity index (χ1v) is 5.00. The van der Waals surface area contributed by atoms with Gasteiger partial charge in [0.15, 0.2) is 0 Å². The first-order valence-electron chi connectivity index (χ1n) is 5.00. The zero-order chi connectivity index (χ0) is 11.0. The molecular formula is C12H14N2O. The molecule has 3 N–H and O–H groups in total. The van der Waals surface area contributed by atoms with Gasteiger partial charge in [0.05, 0.1) is 0 Å². The fraction of sp³-hybridized carbons (Fsp3) is 0.250. The maximum Gasteiger partial charge on any atom is 0.248 e.